The van der Waals surface area contributed by atoms with Crippen LogP contribution in [0.3, 0.4) is 0 Å². The number of nitrogens with one attached hydrogen (secondary N) is 1. The van der Waals surface area contributed by atoms with Crippen molar-refractivity contribution in [1.29, 1.82) is 0 Å². The predicted octanol–water partition coefficient (Wildman–Crippen LogP) is 1.54. The summed E-state index contributed by atoms with van der Waals surface area (Å²) in [5.41, 5.74) is 8.19. The van der Waals surface area contributed by atoms with Crippen molar-refractivity contribution < 1.29 is 9.32 Å². The van der Waals surface area contributed by atoms with E-state index in [9.17, 15) is 4.79 Å². The zero-order valence-corrected chi connectivity index (χ0v) is 10.1. The predicted molar refractivity (Wildman–Crippen MR) is 68.1 cm³/mol. The van der Waals surface area contributed by atoms with Crippen LogP contribution in [0.1, 0.15) is 21.7 Å². The Kier molecular flexibility index (Phi) is 3.62. The summed E-state index contributed by atoms with van der Waals surface area (Å²) in [5.74, 6) is 0.0350. The Morgan fingerprint density at radius 3 is 2.72 bits per heavy atom. The van der Waals surface area contributed by atoms with E-state index < -0.39 is 0 Å². The average molecular weight is 245 g/mol. The molecular weight excluding hydrogens is 230 g/mol. The highest BCUT2D eigenvalue weighted by Gasteiger charge is 2.12. The number of nitrogens with two attached hydrogens (primary N) is 1. The molecule has 5 heteroatoms. The number of nitrogens with zero attached hydrogens (tertiary/aromatic N) is 1. The molecule has 1 aromatic heterocycles. The molecule has 94 valence electrons. The number of aromatic nitrogens is 1. The minimum absolute atomic E-state index is 0.236. The third kappa shape index (κ3) is 2.88. The Labute approximate surface area is 105 Å². The highest BCUT2D eigenvalue weighted by molar-refractivity contribution is 5.92. The summed E-state index contributed by atoms with van der Waals surface area (Å²) in [7, 11) is 0. The number of amides is 1. The summed E-state index contributed by atoms with van der Waals surface area (Å²) >= 11 is 0. The highest BCUT2D eigenvalue weighted by Crippen LogP contribution is 2.07. The summed E-state index contributed by atoms with van der Waals surface area (Å²) < 4.78 is 4.87. The van der Waals surface area contributed by atoms with E-state index in [0.717, 1.165) is 23.2 Å². The summed E-state index contributed by atoms with van der Waals surface area (Å²) in [6, 6.07) is 7.58. The van der Waals surface area contributed by atoms with Crippen molar-refractivity contribution in [3.63, 3.8) is 0 Å². The first kappa shape index (κ1) is 12.2. The zero-order chi connectivity index (χ0) is 13.0. The number of carbonyl (C=O) groups excluding carboxylic acids is 1. The van der Waals surface area contributed by atoms with Crippen molar-refractivity contribution in [2.45, 2.75) is 13.3 Å². The number of anilines is 1. The molecule has 0 aliphatic carbocycles. The molecule has 0 fully saturated rings. The lowest BCUT2D eigenvalue weighted by Gasteiger charge is -2.04. The van der Waals surface area contributed by atoms with Gasteiger partial charge in [-0.1, -0.05) is 17.3 Å². The number of hydrogen-bond donors (Lipinski definition) is 2. The van der Waals surface area contributed by atoms with E-state index in [0.29, 0.717) is 6.54 Å². The molecule has 0 atom stereocenters. The second kappa shape index (κ2) is 5.35. The molecular formula is C13H15N3O2. The monoisotopic (exact) mass is 245 g/mol. The topological polar surface area (TPSA) is 81.2 Å². The van der Waals surface area contributed by atoms with Gasteiger partial charge in [0, 0.05) is 17.8 Å². The third-order valence-electron chi connectivity index (χ3n) is 2.63. The van der Waals surface area contributed by atoms with Gasteiger partial charge in [0.25, 0.3) is 5.91 Å². The molecule has 0 saturated carbocycles. The van der Waals surface area contributed by atoms with Crippen molar-refractivity contribution >= 4 is 11.6 Å². The van der Waals surface area contributed by atoms with Crippen LogP contribution in [0.4, 0.5) is 5.69 Å². The summed E-state index contributed by atoms with van der Waals surface area (Å²) in [4.78, 5) is 11.7. The molecule has 0 unspecified atom stereocenters. The van der Waals surface area contributed by atoms with Gasteiger partial charge in [-0.25, -0.2) is 0 Å². The quantitative estimate of drug-likeness (QED) is 0.800. The Bertz CT molecular complexity index is 531. The van der Waals surface area contributed by atoms with Crippen LogP contribution in [-0.4, -0.2) is 17.6 Å². The fourth-order valence-corrected chi connectivity index (χ4v) is 1.59. The van der Waals surface area contributed by atoms with Crippen molar-refractivity contribution in [2.24, 2.45) is 0 Å². The van der Waals surface area contributed by atoms with E-state index in [2.05, 4.69) is 10.5 Å². The van der Waals surface area contributed by atoms with Crippen LogP contribution in [0.15, 0.2) is 35.0 Å². The normalized spacial score (nSPS) is 10.3. The molecule has 1 aromatic carbocycles. The van der Waals surface area contributed by atoms with Gasteiger partial charge in [-0.2, -0.15) is 0 Å². The standard InChI is InChI=1S/C13H15N3O2/c1-9-8-16-18-12(9)13(17)15-7-6-10-2-4-11(14)5-3-10/h2-5,8H,6-7,14H2,1H3,(H,15,17). The number of hydrogen-bond acceptors (Lipinski definition) is 4. The maximum Gasteiger partial charge on any atom is 0.290 e. The Hall–Kier alpha value is -2.30. The van der Waals surface area contributed by atoms with E-state index >= 15 is 0 Å². The molecule has 0 spiro atoms. The third-order valence-corrected chi connectivity index (χ3v) is 2.63. The van der Waals surface area contributed by atoms with Gasteiger partial charge in [0.2, 0.25) is 5.76 Å². The van der Waals surface area contributed by atoms with Crippen LogP contribution in [0.5, 0.6) is 0 Å². The molecule has 5 nitrogen and oxygen atoms in total. The van der Waals surface area contributed by atoms with Gasteiger partial charge < -0.3 is 15.6 Å². The van der Waals surface area contributed by atoms with Crippen LogP contribution in [-0.2, 0) is 6.42 Å². The lowest BCUT2D eigenvalue weighted by atomic mass is 10.1. The zero-order valence-electron chi connectivity index (χ0n) is 10.1. The molecule has 0 aliphatic rings. The number of aryl methyl sites for hydroxylation is 1. The van der Waals surface area contributed by atoms with Gasteiger partial charge in [0.15, 0.2) is 0 Å². The van der Waals surface area contributed by atoms with E-state index in [1.165, 1.54) is 6.20 Å². The van der Waals surface area contributed by atoms with E-state index in [1.807, 2.05) is 24.3 Å². The highest BCUT2D eigenvalue weighted by atomic mass is 16.5. The maximum absolute atomic E-state index is 11.7. The molecule has 18 heavy (non-hydrogen) atoms. The van der Waals surface area contributed by atoms with Gasteiger partial charge in [0.1, 0.15) is 0 Å². The summed E-state index contributed by atoms with van der Waals surface area (Å²) in [5, 5.41) is 6.35. The molecule has 0 radical (unpaired) electrons. The first-order valence-corrected chi connectivity index (χ1v) is 5.70. The molecule has 1 heterocycles. The first-order valence-electron chi connectivity index (χ1n) is 5.70. The van der Waals surface area contributed by atoms with E-state index in [1.54, 1.807) is 6.92 Å². The molecule has 0 saturated heterocycles. The van der Waals surface area contributed by atoms with Crippen molar-refractivity contribution in [3.05, 3.63) is 47.3 Å². The van der Waals surface area contributed by atoms with Crippen molar-refractivity contribution in [3.8, 4) is 0 Å². The Morgan fingerprint density at radius 1 is 1.39 bits per heavy atom. The Balaban J connectivity index is 1.84. The van der Waals surface area contributed by atoms with Crippen molar-refractivity contribution in [1.82, 2.24) is 10.5 Å². The number of carbonyl (C=O) groups is 1. The first-order chi connectivity index (χ1) is 8.66. The van der Waals surface area contributed by atoms with E-state index in [-0.39, 0.29) is 11.7 Å². The number of rotatable bonds is 4. The SMILES string of the molecule is Cc1cnoc1C(=O)NCCc1ccc(N)cc1. The lowest BCUT2D eigenvalue weighted by molar-refractivity contribution is 0.0916. The number of benzene rings is 1. The smallest absolute Gasteiger partial charge is 0.290 e. The molecule has 3 N–H and O–H groups in total. The average Bonchev–Trinajstić information content (AvgIpc) is 2.78. The van der Waals surface area contributed by atoms with Crippen LogP contribution < -0.4 is 11.1 Å². The van der Waals surface area contributed by atoms with Gasteiger partial charge in [-0.05, 0) is 31.0 Å². The lowest BCUT2D eigenvalue weighted by Crippen LogP contribution is -2.25. The largest absolute Gasteiger partial charge is 0.399 e. The molecule has 1 amide bonds. The van der Waals surface area contributed by atoms with Crippen LogP contribution >= 0.6 is 0 Å². The summed E-state index contributed by atoms with van der Waals surface area (Å²) in [6.07, 6.45) is 2.27. The molecule has 0 aliphatic heterocycles. The van der Waals surface area contributed by atoms with Gasteiger partial charge in [0.05, 0.1) is 6.20 Å². The van der Waals surface area contributed by atoms with Gasteiger partial charge in [-0.15, -0.1) is 0 Å². The Morgan fingerprint density at radius 2 is 2.11 bits per heavy atom. The number of nitrogen functional groups attached to an aromatic ring is 1. The molecule has 2 rings (SSSR count). The fraction of sp³-hybridized carbons (Fsp3) is 0.231. The van der Waals surface area contributed by atoms with Gasteiger partial charge in [-0.3, -0.25) is 4.79 Å². The second-order valence-electron chi connectivity index (χ2n) is 4.09. The fourth-order valence-electron chi connectivity index (χ4n) is 1.59. The van der Waals surface area contributed by atoms with Crippen LogP contribution in [0, 0.1) is 6.92 Å². The van der Waals surface area contributed by atoms with Crippen LogP contribution in [0.25, 0.3) is 0 Å². The van der Waals surface area contributed by atoms with Crippen molar-refractivity contribution in [2.75, 3.05) is 12.3 Å². The second-order valence-corrected chi connectivity index (χ2v) is 4.09. The van der Waals surface area contributed by atoms with E-state index in [4.69, 9.17) is 10.3 Å². The van der Waals surface area contributed by atoms with Crippen LogP contribution in [0.2, 0.25) is 0 Å². The molecule has 2 aromatic rings. The maximum atomic E-state index is 11.7. The minimum Gasteiger partial charge on any atom is -0.399 e. The molecule has 0 bridgehead atoms. The minimum atomic E-state index is -0.236. The summed E-state index contributed by atoms with van der Waals surface area (Å²) in [6.45, 7) is 2.33. The van der Waals surface area contributed by atoms with Gasteiger partial charge >= 0.3 is 0 Å².